The molecular weight excluding hydrogens is 370 g/mol. The summed E-state index contributed by atoms with van der Waals surface area (Å²) in [6.45, 7) is 3.56. The Bertz CT molecular complexity index is 930. The van der Waals surface area contributed by atoms with Gasteiger partial charge >= 0.3 is 6.03 Å². The van der Waals surface area contributed by atoms with Gasteiger partial charge in [-0.05, 0) is 37.6 Å². The van der Waals surface area contributed by atoms with Crippen molar-refractivity contribution in [2.24, 2.45) is 0 Å². The van der Waals surface area contributed by atoms with Crippen LogP contribution in [0.5, 0.6) is 11.5 Å². The first-order chi connectivity index (χ1) is 14.0. The van der Waals surface area contributed by atoms with Gasteiger partial charge < -0.3 is 24.6 Å². The Hall–Kier alpha value is -3.22. The first-order valence-electron chi connectivity index (χ1n) is 9.84. The Morgan fingerprint density at radius 2 is 2.07 bits per heavy atom. The van der Waals surface area contributed by atoms with Crippen LogP contribution in [0.2, 0.25) is 0 Å². The summed E-state index contributed by atoms with van der Waals surface area (Å²) in [7, 11) is 1.58. The van der Waals surface area contributed by atoms with Gasteiger partial charge in [0.15, 0.2) is 0 Å². The molecule has 7 heteroatoms. The van der Waals surface area contributed by atoms with Crippen molar-refractivity contribution in [3.05, 3.63) is 48.0 Å². The van der Waals surface area contributed by atoms with Crippen LogP contribution in [0.15, 0.2) is 42.5 Å². The molecule has 2 aliphatic heterocycles. The van der Waals surface area contributed by atoms with E-state index in [-0.39, 0.29) is 18.0 Å². The van der Waals surface area contributed by atoms with Gasteiger partial charge in [0, 0.05) is 24.2 Å². The highest BCUT2D eigenvalue weighted by Gasteiger charge is 2.26. The Morgan fingerprint density at radius 3 is 2.83 bits per heavy atom. The molecule has 2 aromatic rings. The number of rotatable bonds is 3. The number of urea groups is 1. The molecule has 4 rings (SSSR count). The zero-order chi connectivity index (χ0) is 20.4. The van der Waals surface area contributed by atoms with Crippen molar-refractivity contribution in [3.8, 4) is 11.5 Å². The van der Waals surface area contributed by atoms with Gasteiger partial charge in [0.25, 0.3) is 0 Å². The molecule has 1 fully saturated rings. The molecule has 0 saturated carbocycles. The van der Waals surface area contributed by atoms with Gasteiger partial charge in [-0.15, -0.1) is 0 Å². The van der Waals surface area contributed by atoms with Gasteiger partial charge in [0.05, 0.1) is 25.9 Å². The number of ether oxygens (including phenoxy) is 2. The molecule has 0 spiro atoms. The van der Waals surface area contributed by atoms with Crippen molar-refractivity contribution in [2.45, 2.75) is 32.4 Å². The second-order valence-electron chi connectivity index (χ2n) is 7.38. The van der Waals surface area contributed by atoms with Crippen molar-refractivity contribution in [1.29, 1.82) is 0 Å². The number of hydrogen-bond acceptors (Lipinski definition) is 4. The molecule has 2 aromatic carbocycles. The summed E-state index contributed by atoms with van der Waals surface area (Å²) in [4.78, 5) is 28.6. The Morgan fingerprint density at radius 1 is 1.24 bits per heavy atom. The number of carbonyl (C=O) groups excluding carboxylic acids is 2. The van der Waals surface area contributed by atoms with Crippen LogP contribution in [0.25, 0.3) is 0 Å². The molecule has 3 amide bonds. The fraction of sp³-hybridized carbons (Fsp3) is 0.364. The van der Waals surface area contributed by atoms with E-state index in [0.717, 1.165) is 17.7 Å². The van der Waals surface area contributed by atoms with E-state index in [9.17, 15) is 9.59 Å². The molecule has 152 valence electrons. The molecule has 0 radical (unpaired) electrons. The highest BCUT2D eigenvalue weighted by molar-refractivity contribution is 5.98. The van der Waals surface area contributed by atoms with E-state index < -0.39 is 0 Å². The van der Waals surface area contributed by atoms with E-state index in [4.69, 9.17) is 9.47 Å². The monoisotopic (exact) mass is 395 g/mol. The molecule has 29 heavy (non-hydrogen) atoms. The average molecular weight is 395 g/mol. The van der Waals surface area contributed by atoms with Crippen molar-refractivity contribution in [1.82, 2.24) is 4.90 Å². The number of anilines is 2. The summed E-state index contributed by atoms with van der Waals surface area (Å²) in [6, 6.07) is 12.9. The number of para-hydroxylation sites is 1. The van der Waals surface area contributed by atoms with Gasteiger partial charge in [-0.1, -0.05) is 18.2 Å². The van der Waals surface area contributed by atoms with Gasteiger partial charge in [-0.25, -0.2) is 4.79 Å². The lowest BCUT2D eigenvalue weighted by Crippen LogP contribution is -2.38. The number of nitrogens with zero attached hydrogens (tertiary/aromatic N) is 2. The molecular formula is C22H25N3O4. The summed E-state index contributed by atoms with van der Waals surface area (Å²) < 4.78 is 11.4. The Labute approximate surface area is 170 Å². The largest absolute Gasteiger partial charge is 0.495 e. The normalized spacial score (nSPS) is 18.7. The second kappa shape index (κ2) is 8.03. The SMILES string of the molecule is COc1ccc(NC(=O)N2Cc3ccccc3OC(C)C2)cc1N1CCCC1=O. The fourth-order valence-corrected chi connectivity index (χ4v) is 3.82. The molecule has 0 aromatic heterocycles. The van der Waals surface area contributed by atoms with Crippen LogP contribution in [-0.2, 0) is 11.3 Å². The topological polar surface area (TPSA) is 71.1 Å². The Balaban J connectivity index is 1.54. The number of hydrogen-bond donors (Lipinski definition) is 1. The summed E-state index contributed by atoms with van der Waals surface area (Å²) in [5, 5.41) is 2.96. The van der Waals surface area contributed by atoms with Crippen LogP contribution in [-0.4, -0.2) is 43.1 Å². The molecule has 2 heterocycles. The maximum absolute atomic E-state index is 13.0. The number of methoxy groups -OCH3 is 1. The zero-order valence-corrected chi connectivity index (χ0v) is 16.7. The van der Waals surface area contributed by atoms with Gasteiger partial charge in [-0.3, -0.25) is 4.79 Å². The van der Waals surface area contributed by atoms with E-state index >= 15 is 0 Å². The standard InChI is InChI=1S/C22H25N3O4/c1-15-13-24(14-16-6-3-4-7-19(16)29-15)22(27)23-17-9-10-20(28-2)18(12-17)25-11-5-8-21(25)26/h3-4,6-7,9-10,12,15H,5,8,11,13-14H2,1-2H3,(H,23,27). The smallest absolute Gasteiger partial charge is 0.322 e. The van der Waals surface area contributed by atoms with Crippen molar-refractivity contribution in [2.75, 3.05) is 30.4 Å². The second-order valence-corrected chi connectivity index (χ2v) is 7.38. The summed E-state index contributed by atoms with van der Waals surface area (Å²) >= 11 is 0. The van der Waals surface area contributed by atoms with E-state index in [1.54, 1.807) is 35.1 Å². The van der Waals surface area contributed by atoms with Crippen molar-refractivity contribution >= 4 is 23.3 Å². The van der Waals surface area contributed by atoms with E-state index in [0.29, 0.717) is 43.2 Å². The summed E-state index contributed by atoms with van der Waals surface area (Å²) in [5.41, 5.74) is 2.28. The number of carbonyl (C=O) groups is 2. The van der Waals surface area contributed by atoms with E-state index in [1.165, 1.54) is 0 Å². The lowest BCUT2D eigenvalue weighted by atomic mass is 10.2. The van der Waals surface area contributed by atoms with E-state index in [2.05, 4.69) is 5.32 Å². The molecule has 1 unspecified atom stereocenters. The quantitative estimate of drug-likeness (QED) is 0.861. The van der Waals surface area contributed by atoms with Gasteiger partial charge in [0.2, 0.25) is 5.91 Å². The van der Waals surface area contributed by atoms with Crippen LogP contribution in [0.3, 0.4) is 0 Å². The minimum Gasteiger partial charge on any atom is -0.495 e. The third kappa shape index (κ3) is 3.99. The van der Waals surface area contributed by atoms with Gasteiger partial charge in [0.1, 0.15) is 17.6 Å². The van der Waals surface area contributed by atoms with E-state index in [1.807, 2.05) is 31.2 Å². The van der Waals surface area contributed by atoms with Crippen LogP contribution in [0.1, 0.15) is 25.3 Å². The number of amides is 3. The third-order valence-electron chi connectivity index (χ3n) is 5.22. The number of nitrogens with one attached hydrogen (secondary N) is 1. The van der Waals surface area contributed by atoms with Crippen molar-refractivity contribution < 1.29 is 19.1 Å². The molecule has 2 aliphatic rings. The molecule has 1 saturated heterocycles. The third-order valence-corrected chi connectivity index (χ3v) is 5.22. The van der Waals surface area contributed by atoms with Crippen molar-refractivity contribution in [3.63, 3.8) is 0 Å². The van der Waals surface area contributed by atoms with Crippen LogP contribution in [0.4, 0.5) is 16.2 Å². The molecule has 0 bridgehead atoms. The maximum atomic E-state index is 13.0. The molecule has 0 aliphatic carbocycles. The minimum absolute atomic E-state index is 0.0712. The highest BCUT2D eigenvalue weighted by atomic mass is 16.5. The number of fused-ring (bicyclic) bond motifs is 1. The highest BCUT2D eigenvalue weighted by Crippen LogP contribution is 2.34. The van der Waals surface area contributed by atoms with Crippen LogP contribution < -0.4 is 19.7 Å². The average Bonchev–Trinajstić information content (AvgIpc) is 3.05. The fourth-order valence-electron chi connectivity index (χ4n) is 3.82. The molecule has 1 atom stereocenters. The zero-order valence-electron chi connectivity index (χ0n) is 16.7. The predicted molar refractivity (Wildman–Crippen MR) is 111 cm³/mol. The lowest BCUT2D eigenvalue weighted by Gasteiger charge is -2.24. The minimum atomic E-state index is -0.207. The maximum Gasteiger partial charge on any atom is 0.322 e. The molecule has 1 N–H and O–H groups in total. The number of benzene rings is 2. The first kappa shape index (κ1) is 19.1. The van der Waals surface area contributed by atoms with Crippen LogP contribution >= 0.6 is 0 Å². The lowest BCUT2D eigenvalue weighted by molar-refractivity contribution is -0.117. The Kier molecular flexibility index (Phi) is 5.29. The van der Waals surface area contributed by atoms with Crippen LogP contribution in [0, 0.1) is 0 Å². The molecule has 7 nitrogen and oxygen atoms in total. The predicted octanol–water partition coefficient (Wildman–Crippen LogP) is 3.64. The summed E-state index contributed by atoms with van der Waals surface area (Å²) in [5.74, 6) is 1.50. The van der Waals surface area contributed by atoms with Gasteiger partial charge in [-0.2, -0.15) is 0 Å². The summed E-state index contributed by atoms with van der Waals surface area (Å²) in [6.07, 6.45) is 1.24. The first-order valence-corrected chi connectivity index (χ1v) is 9.84.